The number of anilines is 1. The zero-order valence-corrected chi connectivity index (χ0v) is 20.5. The molecule has 1 aliphatic heterocycles. The lowest BCUT2D eigenvalue weighted by Gasteiger charge is -2.30. The van der Waals surface area contributed by atoms with E-state index in [-0.39, 0.29) is 17.9 Å². The number of benzene rings is 2. The van der Waals surface area contributed by atoms with Crippen LogP contribution in [0.15, 0.2) is 79.3 Å². The normalized spacial score (nSPS) is 16.0. The monoisotopic (exact) mass is 496 g/mol. The van der Waals surface area contributed by atoms with E-state index < -0.39 is 5.92 Å². The van der Waals surface area contributed by atoms with Crippen molar-refractivity contribution in [3.63, 3.8) is 0 Å². The van der Waals surface area contributed by atoms with Gasteiger partial charge in [-0.05, 0) is 65.6 Å². The minimum atomic E-state index is -0.505. The van der Waals surface area contributed by atoms with Crippen LogP contribution in [-0.4, -0.2) is 41.5 Å². The van der Waals surface area contributed by atoms with Gasteiger partial charge in [0.05, 0.1) is 13.0 Å². The highest BCUT2D eigenvalue weighted by Gasteiger charge is 2.39. The van der Waals surface area contributed by atoms with Crippen molar-refractivity contribution < 1.29 is 19.1 Å². The Bertz CT molecular complexity index is 1440. The molecule has 4 aromatic rings. The van der Waals surface area contributed by atoms with Crippen molar-refractivity contribution in [1.29, 1.82) is 0 Å². The quantitative estimate of drug-likeness (QED) is 0.247. The summed E-state index contributed by atoms with van der Waals surface area (Å²) in [6, 6.07) is 18.3. The van der Waals surface area contributed by atoms with Gasteiger partial charge in [-0.2, -0.15) is 4.73 Å². The predicted molar refractivity (Wildman–Crippen MR) is 140 cm³/mol. The van der Waals surface area contributed by atoms with E-state index in [1.165, 1.54) is 19.5 Å². The molecule has 2 unspecified atom stereocenters. The zero-order chi connectivity index (χ0) is 25.9. The smallest absolute Gasteiger partial charge is 0.311 e. The lowest BCUT2D eigenvalue weighted by molar-refractivity contribution is -0.605. The molecule has 3 heterocycles. The first kappa shape index (κ1) is 24.2. The highest BCUT2D eigenvalue weighted by molar-refractivity contribution is 5.95. The molecule has 0 aliphatic carbocycles. The molecule has 2 aromatic carbocycles. The molecule has 1 saturated heterocycles. The third-order valence-electron chi connectivity index (χ3n) is 7.11. The number of ether oxygens (including phenoxy) is 1. The second kappa shape index (κ2) is 10.3. The van der Waals surface area contributed by atoms with Gasteiger partial charge in [0.25, 0.3) is 5.91 Å². The third kappa shape index (κ3) is 4.95. The van der Waals surface area contributed by atoms with Crippen LogP contribution in [0, 0.1) is 11.1 Å². The van der Waals surface area contributed by atoms with Gasteiger partial charge < -0.3 is 20.6 Å². The summed E-state index contributed by atoms with van der Waals surface area (Å²) in [4.78, 5) is 32.5. The highest BCUT2D eigenvalue weighted by Crippen LogP contribution is 2.31. The second-order valence-corrected chi connectivity index (χ2v) is 9.32. The molecular formula is C29H28N4O4. The van der Waals surface area contributed by atoms with Crippen LogP contribution in [0.3, 0.4) is 0 Å². The molecule has 0 saturated carbocycles. The lowest BCUT2D eigenvalue weighted by atomic mass is 9.89. The number of carbonyl (C=O) groups is 2. The number of esters is 1. The molecule has 1 aliphatic rings. The van der Waals surface area contributed by atoms with Crippen LogP contribution in [0.25, 0.3) is 21.9 Å². The Morgan fingerprint density at radius 3 is 2.57 bits per heavy atom. The van der Waals surface area contributed by atoms with E-state index in [2.05, 4.69) is 4.98 Å². The van der Waals surface area contributed by atoms with Crippen molar-refractivity contribution in [2.45, 2.75) is 25.3 Å². The minimum absolute atomic E-state index is 0.111. The Morgan fingerprint density at radius 1 is 1.11 bits per heavy atom. The topological polar surface area (TPSA) is 112 Å². The molecule has 2 N–H and O–H groups in total. The van der Waals surface area contributed by atoms with Gasteiger partial charge in [-0.25, -0.2) is 4.98 Å². The van der Waals surface area contributed by atoms with Crippen molar-refractivity contribution in [3.05, 3.63) is 95.6 Å². The molecule has 0 radical (unpaired) electrons. The fourth-order valence-electron chi connectivity index (χ4n) is 5.19. The Morgan fingerprint density at radius 2 is 1.84 bits per heavy atom. The van der Waals surface area contributed by atoms with Crippen LogP contribution in [0.2, 0.25) is 0 Å². The molecule has 1 fully saturated rings. The number of methoxy groups -OCH3 is 1. The molecule has 8 nitrogen and oxygen atoms in total. The van der Waals surface area contributed by atoms with Crippen LogP contribution < -0.4 is 10.5 Å². The number of rotatable bonds is 6. The number of nitrogen functional groups attached to an aromatic ring is 1. The number of pyridine rings is 2. The second-order valence-electron chi connectivity index (χ2n) is 9.32. The molecule has 188 valence electrons. The molecule has 5 rings (SSSR count). The molecular weight excluding hydrogens is 468 g/mol. The Kier molecular flexibility index (Phi) is 6.72. The predicted octanol–water partition coefficient (Wildman–Crippen LogP) is 3.75. The summed E-state index contributed by atoms with van der Waals surface area (Å²) in [7, 11) is 1.38. The Hall–Kier alpha value is -4.46. The van der Waals surface area contributed by atoms with Crippen LogP contribution in [0.1, 0.15) is 28.8 Å². The largest absolute Gasteiger partial charge is 0.619 e. The maximum atomic E-state index is 13.5. The van der Waals surface area contributed by atoms with Crippen LogP contribution in [-0.2, 0) is 16.0 Å². The van der Waals surface area contributed by atoms with Gasteiger partial charge in [-0.1, -0.05) is 24.3 Å². The average molecular weight is 497 g/mol. The zero-order valence-electron chi connectivity index (χ0n) is 20.5. The number of carbonyl (C=O) groups excluding carboxylic acids is 2. The summed E-state index contributed by atoms with van der Waals surface area (Å²) in [5.41, 5.74) is 9.37. The number of hydrogen-bond donors (Lipinski definition) is 1. The summed E-state index contributed by atoms with van der Waals surface area (Å²) in [6.45, 7) is 0.579. The fraction of sp³-hybridized carbons (Fsp3) is 0.241. The number of likely N-dealkylation sites (tertiary alicyclic amines) is 1. The van der Waals surface area contributed by atoms with Gasteiger partial charge in [-0.15, -0.1) is 0 Å². The third-order valence-corrected chi connectivity index (χ3v) is 7.11. The van der Waals surface area contributed by atoms with Crippen LogP contribution >= 0.6 is 0 Å². The summed E-state index contributed by atoms with van der Waals surface area (Å²) < 4.78 is 5.91. The number of nitrogens with two attached hydrogens (primary N) is 1. The Labute approximate surface area is 214 Å². The number of amides is 1. The van der Waals surface area contributed by atoms with Gasteiger partial charge in [0.15, 0.2) is 12.4 Å². The van der Waals surface area contributed by atoms with E-state index in [0.29, 0.717) is 24.3 Å². The maximum absolute atomic E-state index is 13.5. The molecule has 1 amide bonds. The SMILES string of the molecule is COC(=O)C(Cc1ccc2ccnc(N)c2c1)C1CCCN1C(=O)c1ccc(-c2cc[n+]([O-])cc2)cc1. The van der Waals surface area contributed by atoms with Gasteiger partial charge in [0.2, 0.25) is 0 Å². The lowest BCUT2D eigenvalue weighted by Crippen LogP contribution is -2.44. The first-order valence-electron chi connectivity index (χ1n) is 12.3. The first-order valence-corrected chi connectivity index (χ1v) is 12.3. The summed E-state index contributed by atoms with van der Waals surface area (Å²) in [5, 5.41) is 13.1. The van der Waals surface area contributed by atoms with E-state index in [9.17, 15) is 14.8 Å². The molecule has 37 heavy (non-hydrogen) atoms. The first-order chi connectivity index (χ1) is 17.9. The summed E-state index contributed by atoms with van der Waals surface area (Å²) >= 11 is 0. The molecule has 2 aromatic heterocycles. The summed E-state index contributed by atoms with van der Waals surface area (Å²) in [6.07, 6.45) is 6.52. The number of aromatic nitrogens is 2. The van der Waals surface area contributed by atoms with E-state index in [4.69, 9.17) is 10.5 Å². The molecule has 2 atom stereocenters. The molecule has 0 spiro atoms. The van der Waals surface area contributed by atoms with Gasteiger partial charge >= 0.3 is 5.97 Å². The fourth-order valence-corrected chi connectivity index (χ4v) is 5.19. The van der Waals surface area contributed by atoms with Gasteiger partial charge in [0, 0.05) is 41.9 Å². The highest BCUT2D eigenvalue weighted by atomic mass is 16.5. The summed E-state index contributed by atoms with van der Waals surface area (Å²) in [5.74, 6) is -0.508. The maximum Gasteiger partial charge on any atom is 0.311 e. The molecule has 8 heteroatoms. The number of fused-ring (bicyclic) bond motifs is 1. The van der Waals surface area contributed by atoms with Crippen LogP contribution in [0.4, 0.5) is 5.82 Å². The van der Waals surface area contributed by atoms with Crippen molar-refractivity contribution in [2.75, 3.05) is 19.4 Å². The number of hydrogen-bond acceptors (Lipinski definition) is 6. The van der Waals surface area contributed by atoms with E-state index in [1.807, 2.05) is 36.4 Å². The van der Waals surface area contributed by atoms with Crippen molar-refractivity contribution >= 4 is 28.5 Å². The van der Waals surface area contributed by atoms with Crippen molar-refractivity contribution in [1.82, 2.24) is 9.88 Å². The van der Waals surface area contributed by atoms with E-state index in [0.717, 1.165) is 45.0 Å². The molecule has 0 bridgehead atoms. The van der Waals surface area contributed by atoms with E-state index in [1.54, 1.807) is 35.4 Å². The number of nitrogens with zero attached hydrogens (tertiary/aromatic N) is 3. The van der Waals surface area contributed by atoms with Crippen LogP contribution in [0.5, 0.6) is 0 Å². The van der Waals surface area contributed by atoms with E-state index >= 15 is 0 Å². The van der Waals surface area contributed by atoms with Crippen molar-refractivity contribution in [3.8, 4) is 11.1 Å². The van der Waals surface area contributed by atoms with Crippen molar-refractivity contribution in [2.24, 2.45) is 5.92 Å². The van der Waals surface area contributed by atoms with Gasteiger partial charge in [-0.3, -0.25) is 9.59 Å². The van der Waals surface area contributed by atoms with Gasteiger partial charge in [0.1, 0.15) is 5.82 Å². The Balaban J connectivity index is 1.38. The average Bonchev–Trinajstić information content (AvgIpc) is 3.41. The standard InChI is InChI=1S/C29H28N4O4/c1-37-29(35)25(18-19-4-5-22-10-13-31-27(30)24(22)17-19)26-3-2-14-33(26)28(34)23-8-6-20(7-9-23)21-11-15-32(36)16-12-21/h4-13,15-17,25-26H,2-3,14,18H2,1H3,(H2,30,31). The minimum Gasteiger partial charge on any atom is -0.619 e.